The Kier molecular flexibility index (Phi) is 8.56. The summed E-state index contributed by atoms with van der Waals surface area (Å²) in [7, 11) is 0. The summed E-state index contributed by atoms with van der Waals surface area (Å²) < 4.78 is 5.48. The maximum Gasteiger partial charge on any atom is 0.262 e. The van der Waals surface area contributed by atoms with Gasteiger partial charge in [-0.15, -0.1) is 0 Å². The second kappa shape index (κ2) is 13.0. The number of anilines is 2. The predicted octanol–water partition coefficient (Wildman–Crippen LogP) is 4.46. The van der Waals surface area contributed by atoms with Gasteiger partial charge in [0.15, 0.2) is 6.61 Å². The quantitative estimate of drug-likeness (QED) is 0.211. The molecule has 0 saturated heterocycles. The lowest BCUT2D eigenvalue weighted by atomic mass is 10.1. The van der Waals surface area contributed by atoms with Crippen molar-refractivity contribution in [2.24, 2.45) is 5.73 Å². The van der Waals surface area contributed by atoms with Crippen molar-refractivity contribution < 1.29 is 23.9 Å². The summed E-state index contributed by atoms with van der Waals surface area (Å²) in [6.45, 7) is 1.15. The zero-order chi connectivity index (χ0) is 31.3. The summed E-state index contributed by atoms with van der Waals surface area (Å²) in [5, 5.41) is 8.51. The Morgan fingerprint density at radius 2 is 1.51 bits per heavy atom. The first-order valence-electron chi connectivity index (χ1n) is 14.8. The third-order valence-electron chi connectivity index (χ3n) is 7.76. The second-order valence-corrected chi connectivity index (χ2v) is 11.1. The van der Waals surface area contributed by atoms with Gasteiger partial charge < -0.3 is 31.3 Å². The van der Waals surface area contributed by atoms with Crippen molar-refractivity contribution in [3.8, 4) is 5.75 Å². The molecule has 10 heteroatoms. The first-order chi connectivity index (χ1) is 21.9. The lowest BCUT2D eigenvalue weighted by molar-refractivity contribution is -0.118. The fraction of sp³-hybridized carbons (Fsp3) is 0.200. The highest BCUT2D eigenvalue weighted by molar-refractivity contribution is 6.04. The summed E-state index contributed by atoms with van der Waals surface area (Å²) in [5.41, 5.74) is 11.1. The number of carbonyl (C=O) groups is 4. The molecule has 1 aliphatic carbocycles. The van der Waals surface area contributed by atoms with E-state index in [1.54, 1.807) is 54.6 Å². The highest BCUT2D eigenvalue weighted by Crippen LogP contribution is 2.33. The van der Waals surface area contributed by atoms with Gasteiger partial charge in [0, 0.05) is 48.1 Å². The van der Waals surface area contributed by atoms with Gasteiger partial charge in [0.05, 0.1) is 5.69 Å². The summed E-state index contributed by atoms with van der Waals surface area (Å²) >= 11 is 0. The van der Waals surface area contributed by atoms with E-state index >= 15 is 0 Å². The molecular weight excluding hydrogens is 570 g/mol. The van der Waals surface area contributed by atoms with Gasteiger partial charge in [-0.3, -0.25) is 19.2 Å². The maximum atomic E-state index is 13.4. The van der Waals surface area contributed by atoms with Crippen molar-refractivity contribution >= 4 is 35.0 Å². The monoisotopic (exact) mass is 603 g/mol. The molecule has 1 heterocycles. The van der Waals surface area contributed by atoms with Gasteiger partial charge in [0.25, 0.3) is 23.6 Å². The van der Waals surface area contributed by atoms with E-state index in [1.165, 1.54) is 0 Å². The smallest absolute Gasteiger partial charge is 0.262 e. The molecule has 10 nitrogen and oxygen atoms in total. The molecule has 4 aromatic carbocycles. The van der Waals surface area contributed by atoms with Crippen LogP contribution in [0.1, 0.15) is 60.6 Å². The van der Waals surface area contributed by atoms with Gasteiger partial charge in [0.2, 0.25) is 0 Å². The molecule has 0 unspecified atom stereocenters. The topological polar surface area (TPSA) is 143 Å². The van der Waals surface area contributed by atoms with Crippen LogP contribution in [0.3, 0.4) is 0 Å². The average molecular weight is 604 g/mol. The summed E-state index contributed by atoms with van der Waals surface area (Å²) in [4.78, 5) is 52.4. The first-order valence-corrected chi connectivity index (χ1v) is 14.8. The Bertz CT molecular complexity index is 1750. The number of nitrogens with one attached hydrogen (secondary N) is 3. The molecule has 2 aliphatic rings. The first kappa shape index (κ1) is 29.6. The Labute approximate surface area is 260 Å². The van der Waals surface area contributed by atoms with E-state index in [9.17, 15) is 19.2 Å². The zero-order valence-electron chi connectivity index (χ0n) is 24.5. The SMILES string of the molecule is NCc1cccc(CNC(=O)c2ccc(NC(=O)c3ccc(CN(C(=O)c4ccc5c(c4)OCC(=O)N5)C4CC4)cc3)cc2)c1. The molecule has 1 saturated carbocycles. The molecule has 6 rings (SSSR count). The fourth-order valence-corrected chi connectivity index (χ4v) is 5.14. The van der Waals surface area contributed by atoms with Gasteiger partial charge in [0.1, 0.15) is 5.75 Å². The summed E-state index contributed by atoms with van der Waals surface area (Å²) in [6.07, 6.45) is 1.87. The van der Waals surface area contributed by atoms with Crippen LogP contribution in [0.2, 0.25) is 0 Å². The minimum absolute atomic E-state index is 0.0780. The minimum Gasteiger partial charge on any atom is -0.482 e. The van der Waals surface area contributed by atoms with Crippen LogP contribution < -0.4 is 26.4 Å². The van der Waals surface area contributed by atoms with Gasteiger partial charge in [-0.25, -0.2) is 0 Å². The lowest BCUT2D eigenvalue weighted by Gasteiger charge is -2.24. The molecule has 0 aromatic heterocycles. The molecule has 0 spiro atoms. The summed E-state index contributed by atoms with van der Waals surface area (Å²) in [6, 6.07) is 26.8. The predicted molar refractivity (Wildman–Crippen MR) is 170 cm³/mol. The van der Waals surface area contributed by atoms with Crippen molar-refractivity contribution in [3.05, 3.63) is 124 Å². The van der Waals surface area contributed by atoms with E-state index in [0.29, 0.717) is 53.4 Å². The molecule has 5 N–H and O–H groups in total. The van der Waals surface area contributed by atoms with Crippen LogP contribution in [-0.2, 0) is 24.4 Å². The number of rotatable bonds is 10. The third kappa shape index (κ3) is 7.19. The molecule has 0 atom stereocenters. The number of amides is 4. The van der Waals surface area contributed by atoms with Crippen molar-refractivity contribution in [3.63, 3.8) is 0 Å². The molecule has 1 fully saturated rings. The van der Waals surface area contributed by atoms with E-state index in [0.717, 1.165) is 29.5 Å². The van der Waals surface area contributed by atoms with Crippen LogP contribution in [0.25, 0.3) is 0 Å². The van der Waals surface area contributed by atoms with Gasteiger partial charge in [-0.05, 0) is 84.1 Å². The standard InChI is InChI=1S/C35H33N5O5/c36-18-23-2-1-3-24(16-23)19-37-33(42)25-8-11-28(12-9-25)38-34(43)26-6-4-22(5-7-26)20-40(29-13-14-29)35(44)27-10-15-30-31(17-27)45-21-32(41)39-30/h1-12,15-17,29H,13-14,18-21,36H2,(H,37,42)(H,38,43)(H,39,41). The maximum absolute atomic E-state index is 13.4. The normalized spacial score (nSPS) is 13.6. The Morgan fingerprint density at radius 1 is 0.822 bits per heavy atom. The second-order valence-electron chi connectivity index (χ2n) is 11.1. The van der Waals surface area contributed by atoms with Crippen molar-refractivity contribution in [1.82, 2.24) is 10.2 Å². The van der Waals surface area contributed by atoms with Gasteiger partial charge in [-0.2, -0.15) is 0 Å². The summed E-state index contributed by atoms with van der Waals surface area (Å²) in [5.74, 6) is -0.351. The Morgan fingerprint density at radius 3 is 2.24 bits per heavy atom. The molecule has 0 bridgehead atoms. The highest BCUT2D eigenvalue weighted by Gasteiger charge is 2.33. The van der Waals surface area contributed by atoms with Crippen LogP contribution in [0, 0.1) is 0 Å². The number of ether oxygens (including phenoxy) is 1. The van der Waals surface area contributed by atoms with Gasteiger partial charge in [-0.1, -0.05) is 36.4 Å². The number of carbonyl (C=O) groups excluding carboxylic acids is 4. The van der Waals surface area contributed by atoms with Gasteiger partial charge >= 0.3 is 0 Å². The third-order valence-corrected chi connectivity index (χ3v) is 7.76. The van der Waals surface area contributed by atoms with Crippen LogP contribution in [-0.4, -0.2) is 41.2 Å². The molecule has 228 valence electrons. The van der Waals surface area contributed by atoms with E-state index in [-0.39, 0.29) is 36.3 Å². The molecule has 1 aliphatic heterocycles. The molecule has 0 radical (unpaired) electrons. The molecule has 4 aromatic rings. The van der Waals surface area contributed by atoms with Crippen molar-refractivity contribution in [2.75, 3.05) is 17.2 Å². The molecular formula is C35H33N5O5. The lowest BCUT2D eigenvalue weighted by Crippen LogP contribution is -2.33. The van der Waals surface area contributed by atoms with E-state index in [4.69, 9.17) is 10.5 Å². The highest BCUT2D eigenvalue weighted by atomic mass is 16.5. The van der Waals surface area contributed by atoms with E-state index in [2.05, 4.69) is 16.0 Å². The number of hydrogen-bond donors (Lipinski definition) is 4. The van der Waals surface area contributed by atoms with E-state index < -0.39 is 0 Å². The Hall–Kier alpha value is -5.48. The fourth-order valence-electron chi connectivity index (χ4n) is 5.14. The number of fused-ring (bicyclic) bond motifs is 1. The average Bonchev–Trinajstić information content (AvgIpc) is 3.92. The minimum atomic E-state index is -0.283. The van der Waals surface area contributed by atoms with Crippen LogP contribution >= 0.6 is 0 Å². The van der Waals surface area contributed by atoms with Crippen LogP contribution in [0.5, 0.6) is 5.75 Å². The van der Waals surface area contributed by atoms with E-state index in [1.807, 2.05) is 41.3 Å². The Balaban J connectivity index is 1.04. The number of hydrogen-bond acceptors (Lipinski definition) is 6. The number of nitrogens with zero attached hydrogens (tertiary/aromatic N) is 1. The molecule has 4 amide bonds. The number of nitrogens with two attached hydrogens (primary N) is 1. The van der Waals surface area contributed by atoms with Crippen molar-refractivity contribution in [2.45, 2.75) is 38.5 Å². The van der Waals surface area contributed by atoms with Crippen LogP contribution in [0.4, 0.5) is 11.4 Å². The zero-order valence-corrected chi connectivity index (χ0v) is 24.5. The van der Waals surface area contributed by atoms with Crippen molar-refractivity contribution in [1.29, 1.82) is 0 Å². The van der Waals surface area contributed by atoms with Crippen LogP contribution in [0.15, 0.2) is 91.0 Å². The number of benzene rings is 4. The largest absolute Gasteiger partial charge is 0.482 e. The molecule has 45 heavy (non-hydrogen) atoms.